The van der Waals surface area contributed by atoms with Gasteiger partial charge in [-0.3, -0.25) is 0 Å². The molecule has 0 spiro atoms. The van der Waals surface area contributed by atoms with Gasteiger partial charge >= 0.3 is 0 Å². The Kier molecular flexibility index (Phi) is 8.62. The van der Waals surface area contributed by atoms with Gasteiger partial charge in [-0.05, 0) is 36.3 Å². The normalized spacial score (nSPS) is 12.6. The molecular formula is C19H32. The molecule has 0 bridgehead atoms. The number of aryl methyl sites for hydroxylation is 1. The van der Waals surface area contributed by atoms with Crippen molar-refractivity contribution >= 4 is 0 Å². The molecule has 0 N–H and O–H groups in total. The summed E-state index contributed by atoms with van der Waals surface area (Å²) in [6.45, 7) is 6.90. The molecule has 19 heavy (non-hydrogen) atoms. The fourth-order valence-electron chi connectivity index (χ4n) is 3.05. The third-order valence-electron chi connectivity index (χ3n) is 4.06. The fourth-order valence-corrected chi connectivity index (χ4v) is 3.05. The van der Waals surface area contributed by atoms with Crippen molar-refractivity contribution in [2.45, 2.75) is 84.5 Å². The Morgan fingerprint density at radius 2 is 1.58 bits per heavy atom. The quantitative estimate of drug-likeness (QED) is 0.422. The van der Waals surface area contributed by atoms with Crippen molar-refractivity contribution in [1.82, 2.24) is 0 Å². The van der Waals surface area contributed by atoms with E-state index in [4.69, 9.17) is 0 Å². The first-order valence-electron chi connectivity index (χ1n) is 8.41. The molecule has 0 aliphatic rings. The van der Waals surface area contributed by atoms with Crippen LogP contribution in [0.25, 0.3) is 0 Å². The minimum Gasteiger partial charge on any atom is -0.0654 e. The first-order chi connectivity index (χ1) is 9.33. The molecule has 0 aromatic heterocycles. The van der Waals surface area contributed by atoms with Gasteiger partial charge in [-0.25, -0.2) is 0 Å². The molecule has 1 atom stereocenters. The molecule has 0 nitrogen and oxygen atoms in total. The van der Waals surface area contributed by atoms with Gasteiger partial charge in [0.05, 0.1) is 0 Å². The van der Waals surface area contributed by atoms with Crippen molar-refractivity contribution < 1.29 is 0 Å². The summed E-state index contributed by atoms with van der Waals surface area (Å²) in [5, 5.41) is 0. The van der Waals surface area contributed by atoms with Crippen LogP contribution in [0.3, 0.4) is 0 Å². The molecule has 0 heterocycles. The first kappa shape index (κ1) is 16.3. The molecule has 0 saturated carbocycles. The van der Waals surface area contributed by atoms with Gasteiger partial charge in [0.2, 0.25) is 0 Å². The van der Waals surface area contributed by atoms with E-state index >= 15 is 0 Å². The van der Waals surface area contributed by atoms with E-state index in [1.54, 1.807) is 11.1 Å². The van der Waals surface area contributed by atoms with Crippen molar-refractivity contribution in [3.05, 3.63) is 35.4 Å². The van der Waals surface area contributed by atoms with E-state index in [-0.39, 0.29) is 0 Å². The lowest BCUT2D eigenvalue weighted by Gasteiger charge is -2.20. The third-order valence-corrected chi connectivity index (χ3v) is 4.06. The molecule has 108 valence electrons. The molecule has 0 amide bonds. The van der Waals surface area contributed by atoms with Gasteiger partial charge in [0, 0.05) is 0 Å². The van der Waals surface area contributed by atoms with E-state index in [1.807, 2.05) is 0 Å². The van der Waals surface area contributed by atoms with Crippen molar-refractivity contribution in [2.75, 3.05) is 0 Å². The molecule has 0 aliphatic heterocycles. The summed E-state index contributed by atoms with van der Waals surface area (Å²) in [4.78, 5) is 0. The molecule has 0 radical (unpaired) electrons. The maximum Gasteiger partial charge on any atom is -0.0159 e. The minimum atomic E-state index is 0.796. The van der Waals surface area contributed by atoms with Crippen LogP contribution in [0.5, 0.6) is 0 Å². The zero-order valence-electron chi connectivity index (χ0n) is 13.3. The Balaban J connectivity index is 2.68. The largest absolute Gasteiger partial charge is 0.0654 e. The van der Waals surface area contributed by atoms with Crippen LogP contribution in [-0.2, 0) is 6.42 Å². The topological polar surface area (TPSA) is 0 Å². The van der Waals surface area contributed by atoms with Crippen LogP contribution in [0.4, 0.5) is 0 Å². The van der Waals surface area contributed by atoms with Gasteiger partial charge in [0.1, 0.15) is 0 Å². The third kappa shape index (κ3) is 5.80. The summed E-state index contributed by atoms with van der Waals surface area (Å²) in [6, 6.07) is 9.15. The van der Waals surface area contributed by atoms with Gasteiger partial charge in [0.25, 0.3) is 0 Å². The van der Waals surface area contributed by atoms with Crippen LogP contribution in [0.15, 0.2) is 24.3 Å². The van der Waals surface area contributed by atoms with Gasteiger partial charge in [-0.2, -0.15) is 0 Å². The molecule has 1 rings (SSSR count). The highest BCUT2D eigenvalue weighted by Gasteiger charge is 2.13. The fraction of sp³-hybridized carbons (Fsp3) is 0.684. The van der Waals surface area contributed by atoms with E-state index in [9.17, 15) is 0 Å². The Bertz CT molecular complexity index is 327. The van der Waals surface area contributed by atoms with Crippen LogP contribution < -0.4 is 0 Å². The van der Waals surface area contributed by atoms with E-state index < -0.39 is 0 Å². The van der Waals surface area contributed by atoms with Gasteiger partial charge in [-0.15, -0.1) is 0 Å². The predicted octanol–water partition coefficient (Wildman–Crippen LogP) is 6.49. The highest BCUT2D eigenvalue weighted by molar-refractivity contribution is 5.30. The summed E-state index contributed by atoms with van der Waals surface area (Å²) in [5.74, 6) is 0.796. The Morgan fingerprint density at radius 3 is 2.26 bits per heavy atom. The monoisotopic (exact) mass is 260 g/mol. The lowest BCUT2D eigenvalue weighted by molar-refractivity contribution is 0.518. The summed E-state index contributed by atoms with van der Waals surface area (Å²) in [7, 11) is 0. The number of benzene rings is 1. The van der Waals surface area contributed by atoms with Gasteiger partial charge < -0.3 is 0 Å². The lowest BCUT2D eigenvalue weighted by atomic mass is 9.85. The molecule has 1 aromatic carbocycles. The summed E-state index contributed by atoms with van der Waals surface area (Å²) in [5.41, 5.74) is 3.24. The molecule has 0 aliphatic carbocycles. The number of hydrogen-bond acceptors (Lipinski definition) is 0. The second-order valence-electron chi connectivity index (χ2n) is 5.78. The van der Waals surface area contributed by atoms with Crippen molar-refractivity contribution in [3.8, 4) is 0 Å². The van der Waals surface area contributed by atoms with E-state index in [0.717, 1.165) is 5.92 Å². The van der Waals surface area contributed by atoms with Crippen molar-refractivity contribution in [1.29, 1.82) is 0 Å². The maximum absolute atomic E-state index is 2.38. The highest BCUT2D eigenvalue weighted by Crippen LogP contribution is 2.30. The standard InChI is InChI=1S/C19H32/c1-4-7-8-9-14-17(12-5-2)19-16-11-10-15-18(19)13-6-3/h10-11,15-17H,4-9,12-14H2,1-3H3. The molecule has 1 unspecified atom stereocenters. The Morgan fingerprint density at radius 1 is 0.789 bits per heavy atom. The zero-order valence-corrected chi connectivity index (χ0v) is 13.3. The average molecular weight is 260 g/mol. The van der Waals surface area contributed by atoms with Crippen LogP contribution in [0.2, 0.25) is 0 Å². The van der Waals surface area contributed by atoms with E-state index in [0.29, 0.717) is 0 Å². The Hall–Kier alpha value is -0.780. The van der Waals surface area contributed by atoms with Crippen molar-refractivity contribution in [3.63, 3.8) is 0 Å². The summed E-state index contributed by atoms with van der Waals surface area (Å²) >= 11 is 0. The molecule has 0 fully saturated rings. The lowest BCUT2D eigenvalue weighted by Crippen LogP contribution is -2.03. The zero-order chi connectivity index (χ0) is 13.9. The van der Waals surface area contributed by atoms with E-state index in [1.165, 1.54) is 57.8 Å². The predicted molar refractivity (Wildman–Crippen MR) is 86.8 cm³/mol. The highest BCUT2D eigenvalue weighted by atomic mass is 14.2. The van der Waals surface area contributed by atoms with Crippen LogP contribution in [-0.4, -0.2) is 0 Å². The maximum atomic E-state index is 2.38. The van der Waals surface area contributed by atoms with Crippen LogP contribution in [0.1, 0.15) is 89.2 Å². The SMILES string of the molecule is CCCCCCC(CCC)c1ccccc1CCC. The molecule has 1 aromatic rings. The number of rotatable bonds is 10. The second-order valence-corrected chi connectivity index (χ2v) is 5.78. The van der Waals surface area contributed by atoms with E-state index in [2.05, 4.69) is 45.0 Å². The van der Waals surface area contributed by atoms with Gasteiger partial charge in [-0.1, -0.05) is 83.6 Å². The van der Waals surface area contributed by atoms with Crippen LogP contribution in [0, 0.1) is 0 Å². The molecular weight excluding hydrogens is 228 g/mol. The average Bonchev–Trinajstić information content (AvgIpc) is 2.43. The Labute approximate surface area is 120 Å². The number of hydrogen-bond donors (Lipinski definition) is 0. The summed E-state index contributed by atoms with van der Waals surface area (Å²) in [6.07, 6.45) is 12.1. The summed E-state index contributed by atoms with van der Waals surface area (Å²) < 4.78 is 0. The number of unbranched alkanes of at least 4 members (excludes halogenated alkanes) is 3. The minimum absolute atomic E-state index is 0.796. The van der Waals surface area contributed by atoms with Crippen molar-refractivity contribution in [2.24, 2.45) is 0 Å². The second kappa shape index (κ2) is 10.1. The molecule has 0 saturated heterocycles. The molecule has 0 heteroatoms. The van der Waals surface area contributed by atoms with Gasteiger partial charge in [0.15, 0.2) is 0 Å². The smallest absolute Gasteiger partial charge is 0.0159 e. The first-order valence-corrected chi connectivity index (χ1v) is 8.41. The van der Waals surface area contributed by atoms with Crippen LogP contribution >= 0.6 is 0 Å².